The first-order valence-electron chi connectivity index (χ1n) is 6.63. The highest BCUT2D eigenvalue weighted by Crippen LogP contribution is 2.35. The topological polar surface area (TPSA) is 29.1 Å². The van der Waals surface area contributed by atoms with E-state index in [0.29, 0.717) is 15.5 Å². The Morgan fingerprint density at radius 1 is 1.47 bits per heavy atom. The van der Waals surface area contributed by atoms with Crippen LogP contribution < -0.4 is 5.32 Å². The van der Waals surface area contributed by atoms with Gasteiger partial charge in [-0.15, -0.1) is 0 Å². The molecule has 0 saturated heterocycles. The Labute approximate surface area is 121 Å². The van der Waals surface area contributed by atoms with E-state index in [9.17, 15) is 9.18 Å². The first-order valence-corrected chi connectivity index (χ1v) is 7.43. The zero-order chi connectivity index (χ0) is 14.0. The van der Waals surface area contributed by atoms with Crippen LogP contribution in [0.25, 0.3) is 0 Å². The van der Waals surface area contributed by atoms with Crippen molar-refractivity contribution in [3.8, 4) is 0 Å². The Morgan fingerprint density at radius 2 is 2.21 bits per heavy atom. The van der Waals surface area contributed by atoms with Crippen molar-refractivity contribution in [2.45, 2.75) is 45.6 Å². The number of rotatable bonds is 2. The maximum Gasteiger partial charge on any atom is 0.251 e. The van der Waals surface area contributed by atoms with Gasteiger partial charge in [0.25, 0.3) is 5.91 Å². The molecule has 0 bridgehead atoms. The maximum absolute atomic E-state index is 13.1. The third-order valence-corrected chi connectivity index (χ3v) is 4.33. The SMILES string of the molecule is CC1(C)CCCC(NC(=O)c2ccc(F)c(Br)c2)C1. The summed E-state index contributed by atoms with van der Waals surface area (Å²) in [5.41, 5.74) is 0.788. The molecule has 1 unspecified atom stereocenters. The number of hydrogen-bond acceptors (Lipinski definition) is 1. The fraction of sp³-hybridized carbons (Fsp3) is 0.533. The van der Waals surface area contributed by atoms with E-state index < -0.39 is 0 Å². The molecule has 0 aromatic heterocycles. The average Bonchev–Trinajstić information content (AvgIpc) is 2.31. The number of hydrogen-bond donors (Lipinski definition) is 1. The van der Waals surface area contributed by atoms with Crippen molar-refractivity contribution < 1.29 is 9.18 Å². The van der Waals surface area contributed by atoms with E-state index in [0.717, 1.165) is 19.3 Å². The molecule has 0 radical (unpaired) electrons. The lowest BCUT2D eigenvalue weighted by molar-refractivity contribution is 0.0902. The minimum absolute atomic E-state index is 0.122. The highest BCUT2D eigenvalue weighted by atomic mass is 79.9. The van der Waals surface area contributed by atoms with E-state index in [-0.39, 0.29) is 17.8 Å². The molecular formula is C15H19BrFNO. The van der Waals surface area contributed by atoms with E-state index in [2.05, 4.69) is 35.1 Å². The molecule has 1 aromatic rings. The van der Waals surface area contributed by atoms with Gasteiger partial charge in [-0.3, -0.25) is 4.79 Å². The van der Waals surface area contributed by atoms with Gasteiger partial charge < -0.3 is 5.32 Å². The molecule has 1 atom stereocenters. The molecule has 1 aromatic carbocycles. The molecule has 104 valence electrons. The second-order valence-corrected chi connectivity index (χ2v) is 6.91. The third kappa shape index (κ3) is 3.78. The normalized spacial score (nSPS) is 22.0. The average molecular weight is 328 g/mol. The summed E-state index contributed by atoms with van der Waals surface area (Å²) in [5, 5.41) is 3.06. The molecule has 1 fully saturated rings. The summed E-state index contributed by atoms with van der Waals surface area (Å²) in [6.07, 6.45) is 4.38. The predicted octanol–water partition coefficient (Wildman–Crippen LogP) is 4.29. The summed E-state index contributed by atoms with van der Waals surface area (Å²) in [6.45, 7) is 4.47. The van der Waals surface area contributed by atoms with Crippen LogP contribution in [0.15, 0.2) is 22.7 Å². The van der Waals surface area contributed by atoms with Gasteiger partial charge in [0.15, 0.2) is 0 Å². The van der Waals surface area contributed by atoms with Gasteiger partial charge in [-0.1, -0.05) is 20.3 Å². The lowest BCUT2D eigenvalue weighted by atomic mass is 9.75. The van der Waals surface area contributed by atoms with Crippen LogP contribution in [0.4, 0.5) is 4.39 Å². The Kier molecular flexibility index (Phi) is 4.29. The van der Waals surface area contributed by atoms with Crippen LogP contribution in [0.2, 0.25) is 0 Å². The van der Waals surface area contributed by atoms with Crippen LogP contribution in [0.5, 0.6) is 0 Å². The highest BCUT2D eigenvalue weighted by Gasteiger charge is 2.28. The minimum Gasteiger partial charge on any atom is -0.349 e. The summed E-state index contributed by atoms with van der Waals surface area (Å²) < 4.78 is 13.5. The maximum atomic E-state index is 13.1. The number of benzene rings is 1. The smallest absolute Gasteiger partial charge is 0.251 e. The van der Waals surface area contributed by atoms with Gasteiger partial charge in [-0.2, -0.15) is 0 Å². The van der Waals surface area contributed by atoms with Crippen LogP contribution in [0, 0.1) is 11.2 Å². The van der Waals surface area contributed by atoms with Crippen LogP contribution in [0.1, 0.15) is 49.9 Å². The van der Waals surface area contributed by atoms with Crippen molar-refractivity contribution in [3.05, 3.63) is 34.1 Å². The van der Waals surface area contributed by atoms with Gasteiger partial charge in [0.05, 0.1) is 4.47 Å². The van der Waals surface area contributed by atoms with Gasteiger partial charge in [-0.25, -0.2) is 4.39 Å². The number of nitrogens with one attached hydrogen (secondary N) is 1. The minimum atomic E-state index is -0.352. The Balaban J connectivity index is 2.02. The van der Waals surface area contributed by atoms with Gasteiger partial charge >= 0.3 is 0 Å². The lowest BCUT2D eigenvalue weighted by Crippen LogP contribution is -2.40. The first-order chi connectivity index (χ1) is 8.87. The van der Waals surface area contributed by atoms with Crippen LogP contribution >= 0.6 is 15.9 Å². The van der Waals surface area contributed by atoms with Crippen LogP contribution in [-0.2, 0) is 0 Å². The number of amides is 1. The fourth-order valence-electron chi connectivity index (χ4n) is 2.73. The summed E-state index contributed by atoms with van der Waals surface area (Å²) in [4.78, 5) is 12.1. The molecule has 0 aliphatic heterocycles. The summed E-state index contributed by atoms with van der Waals surface area (Å²) >= 11 is 3.10. The zero-order valence-electron chi connectivity index (χ0n) is 11.3. The van der Waals surface area contributed by atoms with Crippen molar-refractivity contribution in [1.29, 1.82) is 0 Å². The first kappa shape index (κ1) is 14.5. The highest BCUT2D eigenvalue weighted by molar-refractivity contribution is 9.10. The molecule has 1 N–H and O–H groups in total. The predicted molar refractivity (Wildman–Crippen MR) is 77.6 cm³/mol. The van der Waals surface area contributed by atoms with Crippen molar-refractivity contribution in [1.82, 2.24) is 5.32 Å². The van der Waals surface area contributed by atoms with E-state index in [1.165, 1.54) is 24.6 Å². The molecule has 1 aliphatic carbocycles. The monoisotopic (exact) mass is 327 g/mol. The lowest BCUT2D eigenvalue weighted by Gasteiger charge is -2.35. The van der Waals surface area contributed by atoms with Crippen molar-refractivity contribution in [3.63, 3.8) is 0 Å². The van der Waals surface area contributed by atoms with E-state index in [4.69, 9.17) is 0 Å². The van der Waals surface area contributed by atoms with Crippen LogP contribution in [-0.4, -0.2) is 11.9 Å². The molecule has 2 rings (SSSR count). The Bertz CT molecular complexity index is 487. The molecule has 1 aliphatic rings. The molecule has 19 heavy (non-hydrogen) atoms. The molecule has 1 saturated carbocycles. The molecule has 4 heteroatoms. The van der Waals surface area contributed by atoms with Crippen LogP contribution in [0.3, 0.4) is 0 Å². The number of halogens is 2. The second-order valence-electron chi connectivity index (χ2n) is 6.06. The number of carbonyl (C=O) groups excluding carboxylic acids is 1. The number of carbonyl (C=O) groups is 1. The standard InChI is InChI=1S/C15H19BrFNO/c1-15(2)7-3-4-11(9-15)18-14(19)10-5-6-13(17)12(16)8-10/h5-6,8,11H,3-4,7,9H2,1-2H3,(H,18,19). The molecule has 0 spiro atoms. The molecule has 1 amide bonds. The summed E-state index contributed by atoms with van der Waals surface area (Å²) in [7, 11) is 0. The molecule has 2 nitrogen and oxygen atoms in total. The van der Waals surface area contributed by atoms with Crippen molar-refractivity contribution in [2.75, 3.05) is 0 Å². The molecule has 0 heterocycles. The Hall–Kier alpha value is -0.900. The summed E-state index contributed by atoms with van der Waals surface area (Å²) in [5.74, 6) is -0.473. The fourth-order valence-corrected chi connectivity index (χ4v) is 3.11. The van der Waals surface area contributed by atoms with E-state index in [1.54, 1.807) is 0 Å². The van der Waals surface area contributed by atoms with Gasteiger partial charge in [0.1, 0.15) is 5.82 Å². The second kappa shape index (κ2) is 5.61. The quantitative estimate of drug-likeness (QED) is 0.862. The van der Waals surface area contributed by atoms with Gasteiger partial charge in [-0.05, 0) is 58.8 Å². The molecular weight excluding hydrogens is 309 g/mol. The Morgan fingerprint density at radius 3 is 2.84 bits per heavy atom. The van der Waals surface area contributed by atoms with Gasteiger partial charge in [0, 0.05) is 11.6 Å². The zero-order valence-corrected chi connectivity index (χ0v) is 12.9. The summed E-state index contributed by atoms with van der Waals surface area (Å²) in [6, 6.07) is 4.58. The van der Waals surface area contributed by atoms with E-state index >= 15 is 0 Å². The van der Waals surface area contributed by atoms with E-state index in [1.807, 2.05) is 0 Å². The largest absolute Gasteiger partial charge is 0.349 e. The van der Waals surface area contributed by atoms with Crippen molar-refractivity contribution in [2.24, 2.45) is 5.41 Å². The van der Waals surface area contributed by atoms with Crippen molar-refractivity contribution >= 4 is 21.8 Å². The van der Waals surface area contributed by atoms with Gasteiger partial charge in [0.2, 0.25) is 0 Å². The third-order valence-electron chi connectivity index (χ3n) is 3.72.